The average Bonchev–Trinajstić information content (AvgIpc) is 3.22. The zero-order valence-corrected chi connectivity index (χ0v) is 20.8. The van der Waals surface area contributed by atoms with E-state index in [1.165, 1.54) is 30.1 Å². The van der Waals surface area contributed by atoms with Gasteiger partial charge >= 0.3 is 5.97 Å². The Balaban J connectivity index is 2.04. The number of carbonyl (C=O) groups is 1. The molecule has 0 fully saturated rings. The number of halogens is 1. The number of hydrogen-bond donors (Lipinski definition) is 0. The summed E-state index contributed by atoms with van der Waals surface area (Å²) < 4.78 is 14.7. The van der Waals surface area contributed by atoms with Crippen molar-refractivity contribution in [3.63, 3.8) is 0 Å². The van der Waals surface area contributed by atoms with E-state index in [1.807, 2.05) is 33.0 Å². The molecule has 0 radical (unpaired) electrons. The monoisotopic (exact) mass is 485 g/mol. The predicted molar refractivity (Wildman–Crippen MR) is 129 cm³/mol. The van der Waals surface area contributed by atoms with Crippen LogP contribution in [0.5, 0.6) is 5.75 Å². The van der Waals surface area contributed by atoms with Gasteiger partial charge in [-0.2, -0.15) is 0 Å². The largest absolute Gasteiger partial charge is 0.496 e. The highest BCUT2D eigenvalue weighted by atomic mass is 35.5. The van der Waals surface area contributed by atoms with Crippen LogP contribution in [-0.2, 0) is 16.6 Å². The second kappa shape index (κ2) is 8.68. The number of rotatable bonds is 4. The number of fused-ring (bicyclic) bond motifs is 1. The molecular formula is C24H24ClN3O4S. The second-order valence-corrected chi connectivity index (χ2v) is 9.29. The van der Waals surface area contributed by atoms with Crippen LogP contribution in [0.2, 0.25) is 5.02 Å². The highest BCUT2D eigenvalue weighted by Gasteiger charge is 2.35. The molecule has 3 heterocycles. The van der Waals surface area contributed by atoms with Gasteiger partial charge < -0.3 is 14.0 Å². The van der Waals surface area contributed by atoms with Crippen molar-refractivity contribution in [2.45, 2.75) is 26.8 Å². The van der Waals surface area contributed by atoms with Gasteiger partial charge in [-0.15, -0.1) is 0 Å². The third kappa shape index (κ3) is 3.83. The fourth-order valence-electron chi connectivity index (χ4n) is 4.08. The van der Waals surface area contributed by atoms with Gasteiger partial charge in [0, 0.05) is 29.0 Å². The van der Waals surface area contributed by atoms with Gasteiger partial charge in [-0.1, -0.05) is 22.9 Å². The number of benzene rings is 1. The van der Waals surface area contributed by atoms with Crippen LogP contribution < -0.4 is 19.6 Å². The molecule has 0 spiro atoms. The number of ether oxygens (including phenoxy) is 2. The molecule has 0 saturated heterocycles. The molecule has 0 saturated carbocycles. The van der Waals surface area contributed by atoms with Crippen LogP contribution in [0.3, 0.4) is 0 Å². The summed E-state index contributed by atoms with van der Waals surface area (Å²) in [5, 5.41) is 0.460. The summed E-state index contributed by atoms with van der Waals surface area (Å²) >= 11 is 7.58. The lowest BCUT2D eigenvalue weighted by atomic mass is 9.95. The summed E-state index contributed by atoms with van der Waals surface area (Å²) in [7, 11) is 4.83. The quantitative estimate of drug-likeness (QED) is 0.532. The van der Waals surface area contributed by atoms with Crippen LogP contribution in [0.4, 0.5) is 0 Å². The first kappa shape index (κ1) is 23.1. The first-order valence-electron chi connectivity index (χ1n) is 10.2. The summed E-state index contributed by atoms with van der Waals surface area (Å²) in [6.45, 7) is 5.76. The van der Waals surface area contributed by atoms with E-state index in [-0.39, 0.29) is 11.1 Å². The predicted octanol–water partition coefficient (Wildman–Crippen LogP) is 3.03. The van der Waals surface area contributed by atoms with E-state index < -0.39 is 12.0 Å². The molecule has 1 aliphatic rings. The fourth-order valence-corrected chi connectivity index (χ4v) is 5.30. The third-order valence-corrected chi connectivity index (χ3v) is 7.23. The summed E-state index contributed by atoms with van der Waals surface area (Å²) in [5.74, 6) is -0.0586. The number of methoxy groups -OCH3 is 2. The molecule has 1 aliphatic heterocycles. The van der Waals surface area contributed by atoms with Crippen LogP contribution >= 0.6 is 22.9 Å². The van der Waals surface area contributed by atoms with Gasteiger partial charge in [0.05, 0.1) is 30.0 Å². The van der Waals surface area contributed by atoms with E-state index in [2.05, 4.69) is 9.56 Å². The Morgan fingerprint density at radius 2 is 1.94 bits per heavy atom. The molecule has 0 aliphatic carbocycles. The van der Waals surface area contributed by atoms with Crippen LogP contribution in [0, 0.1) is 13.8 Å². The number of hydrogen-bond acceptors (Lipinski definition) is 6. The number of carbonyl (C=O) groups excluding carboxylic acids is 1. The topological polar surface area (TPSA) is 74.8 Å². The zero-order valence-electron chi connectivity index (χ0n) is 19.2. The van der Waals surface area contributed by atoms with Gasteiger partial charge in [-0.3, -0.25) is 9.36 Å². The van der Waals surface area contributed by atoms with Crippen LogP contribution in [0.1, 0.15) is 35.5 Å². The molecule has 2 aromatic heterocycles. The lowest BCUT2D eigenvalue weighted by molar-refractivity contribution is -0.136. The molecule has 172 valence electrons. The first-order valence-corrected chi connectivity index (χ1v) is 11.4. The van der Waals surface area contributed by atoms with E-state index in [1.54, 1.807) is 25.1 Å². The lowest BCUT2D eigenvalue weighted by Gasteiger charge is -2.25. The molecule has 0 amide bonds. The Morgan fingerprint density at radius 1 is 1.21 bits per heavy atom. The van der Waals surface area contributed by atoms with Gasteiger partial charge in [0.2, 0.25) is 0 Å². The Bertz CT molecular complexity index is 1490. The maximum Gasteiger partial charge on any atom is 0.338 e. The number of allylic oxidation sites excluding steroid dienone is 1. The molecular weight excluding hydrogens is 462 g/mol. The number of esters is 1. The van der Waals surface area contributed by atoms with Crippen molar-refractivity contribution >= 4 is 35.0 Å². The summed E-state index contributed by atoms with van der Waals surface area (Å²) in [4.78, 5) is 31.6. The minimum atomic E-state index is -0.789. The lowest BCUT2D eigenvalue weighted by Crippen LogP contribution is -2.40. The van der Waals surface area contributed by atoms with Crippen molar-refractivity contribution in [3.8, 4) is 5.75 Å². The first-order chi connectivity index (χ1) is 15.7. The molecule has 3 aromatic rings. The summed E-state index contributed by atoms with van der Waals surface area (Å²) in [6.07, 6.45) is 1.87. The second-order valence-electron chi connectivity index (χ2n) is 7.85. The minimum absolute atomic E-state index is 0.249. The molecule has 7 nitrogen and oxygen atoms in total. The summed E-state index contributed by atoms with van der Waals surface area (Å²) in [6, 6.07) is 6.37. The third-order valence-electron chi connectivity index (χ3n) is 6.01. The SMILES string of the molecule is COC(=O)C1=C(C)N=c2s/c(=C\c3cc(C)n(C)c3C)c(=O)n2[C@H]1c1cc(Cl)ccc1OC. The van der Waals surface area contributed by atoms with Crippen molar-refractivity contribution in [1.29, 1.82) is 0 Å². The van der Waals surface area contributed by atoms with Crippen molar-refractivity contribution < 1.29 is 14.3 Å². The molecule has 33 heavy (non-hydrogen) atoms. The van der Waals surface area contributed by atoms with Gasteiger partial charge in [0.15, 0.2) is 4.80 Å². The Labute approximate surface area is 199 Å². The minimum Gasteiger partial charge on any atom is -0.496 e. The number of thiazole rings is 1. The van der Waals surface area contributed by atoms with Crippen molar-refractivity contribution in [2.24, 2.45) is 12.0 Å². The van der Waals surface area contributed by atoms with Crippen molar-refractivity contribution in [1.82, 2.24) is 9.13 Å². The van der Waals surface area contributed by atoms with E-state index in [9.17, 15) is 9.59 Å². The molecule has 0 N–H and O–H groups in total. The Kier molecular flexibility index (Phi) is 6.07. The molecule has 0 unspecified atom stereocenters. The highest BCUT2D eigenvalue weighted by molar-refractivity contribution is 7.07. The number of aryl methyl sites for hydroxylation is 1. The number of aromatic nitrogens is 2. The smallest absolute Gasteiger partial charge is 0.338 e. The van der Waals surface area contributed by atoms with Crippen molar-refractivity contribution in [2.75, 3.05) is 14.2 Å². The van der Waals surface area contributed by atoms with E-state index in [0.29, 0.717) is 31.4 Å². The molecule has 1 atom stereocenters. The number of nitrogens with zero attached hydrogens (tertiary/aromatic N) is 3. The standard InChI is InChI=1S/C24H24ClN3O4S/c1-12-9-15(14(3)27(12)4)10-19-22(29)28-21(17-11-16(25)7-8-18(17)31-5)20(23(30)32-6)13(2)26-24(28)33-19/h7-11,21H,1-6H3/b19-10-/t21-/m0/s1. The molecule has 4 rings (SSSR count). The van der Waals surface area contributed by atoms with E-state index in [4.69, 9.17) is 21.1 Å². The normalized spacial score (nSPS) is 16.0. The van der Waals surface area contributed by atoms with Gasteiger partial charge in [0.25, 0.3) is 5.56 Å². The zero-order chi connectivity index (χ0) is 24.0. The Morgan fingerprint density at radius 3 is 2.55 bits per heavy atom. The van der Waals surface area contributed by atoms with Crippen LogP contribution in [0.25, 0.3) is 6.08 Å². The van der Waals surface area contributed by atoms with Crippen molar-refractivity contribution in [3.05, 3.63) is 82.8 Å². The average molecular weight is 486 g/mol. The van der Waals surface area contributed by atoms with Gasteiger partial charge in [-0.05, 0) is 56.7 Å². The van der Waals surface area contributed by atoms with E-state index >= 15 is 0 Å². The van der Waals surface area contributed by atoms with Crippen LogP contribution in [0.15, 0.2) is 45.3 Å². The van der Waals surface area contributed by atoms with Gasteiger partial charge in [0.1, 0.15) is 11.8 Å². The maximum absolute atomic E-state index is 13.7. The summed E-state index contributed by atoms with van der Waals surface area (Å²) in [5.41, 5.74) is 4.19. The highest BCUT2D eigenvalue weighted by Crippen LogP contribution is 2.37. The molecule has 1 aromatic carbocycles. The fraction of sp³-hybridized carbons (Fsp3) is 0.292. The molecule has 0 bridgehead atoms. The Hall–Kier alpha value is -3.10. The molecule has 9 heteroatoms. The maximum atomic E-state index is 13.7. The van der Waals surface area contributed by atoms with Gasteiger partial charge in [-0.25, -0.2) is 9.79 Å². The van der Waals surface area contributed by atoms with E-state index in [0.717, 1.165) is 17.0 Å². The van der Waals surface area contributed by atoms with Crippen LogP contribution in [-0.4, -0.2) is 29.3 Å².